The van der Waals surface area contributed by atoms with Crippen LogP contribution in [0.3, 0.4) is 0 Å². The van der Waals surface area contributed by atoms with Crippen LogP contribution in [-0.4, -0.2) is 64.2 Å². The van der Waals surface area contributed by atoms with E-state index in [1.807, 2.05) is 23.1 Å². The minimum atomic E-state index is 0.0107. The van der Waals surface area contributed by atoms with Crippen molar-refractivity contribution in [1.29, 1.82) is 0 Å². The number of nitrogens with zero attached hydrogens (tertiary/aromatic N) is 4. The van der Waals surface area contributed by atoms with Crippen molar-refractivity contribution in [2.75, 3.05) is 33.3 Å². The number of aromatic nitrogens is 3. The van der Waals surface area contributed by atoms with E-state index >= 15 is 0 Å². The largest absolute Gasteiger partial charge is 0.481 e. The summed E-state index contributed by atoms with van der Waals surface area (Å²) in [5.74, 6) is 2.21. The van der Waals surface area contributed by atoms with Gasteiger partial charge in [0.05, 0.1) is 19.2 Å². The highest BCUT2D eigenvalue weighted by atomic mass is 16.5. The van der Waals surface area contributed by atoms with Crippen LogP contribution in [0.25, 0.3) is 11.5 Å². The van der Waals surface area contributed by atoms with Gasteiger partial charge in [-0.05, 0) is 30.7 Å². The number of furan rings is 1. The molecule has 8 nitrogen and oxygen atoms in total. The highest BCUT2D eigenvalue weighted by Crippen LogP contribution is 2.21. The van der Waals surface area contributed by atoms with Gasteiger partial charge in [-0.25, -0.2) is 4.98 Å². The van der Waals surface area contributed by atoms with Crippen LogP contribution in [-0.2, 0) is 6.54 Å². The first-order valence-electron chi connectivity index (χ1n) is 9.33. The monoisotopic (exact) mass is 381 g/mol. The topological polar surface area (TPSA) is 87.5 Å². The Balaban J connectivity index is 1.35. The summed E-state index contributed by atoms with van der Waals surface area (Å²) in [6, 6.07) is 9.30. The summed E-state index contributed by atoms with van der Waals surface area (Å²) in [6.07, 6.45) is 4.20. The summed E-state index contributed by atoms with van der Waals surface area (Å²) in [4.78, 5) is 21.1. The molecule has 0 spiro atoms. The Morgan fingerprint density at radius 2 is 2.11 bits per heavy atom. The Morgan fingerprint density at radius 3 is 2.86 bits per heavy atom. The number of amides is 1. The average molecular weight is 381 g/mol. The summed E-state index contributed by atoms with van der Waals surface area (Å²) in [7, 11) is 1.56. The Hall–Kier alpha value is -3.13. The number of nitrogens with one attached hydrogen (secondary N) is 1. The summed E-state index contributed by atoms with van der Waals surface area (Å²) < 4.78 is 11.0. The molecule has 3 aromatic rings. The first-order valence-corrected chi connectivity index (χ1v) is 9.33. The van der Waals surface area contributed by atoms with Crippen molar-refractivity contribution < 1.29 is 13.9 Å². The lowest BCUT2D eigenvalue weighted by atomic mass is 10.2. The Labute approximate surface area is 163 Å². The lowest BCUT2D eigenvalue weighted by molar-refractivity contribution is 0.0760. The molecule has 28 heavy (non-hydrogen) atoms. The molecule has 1 aliphatic heterocycles. The third-order valence-electron chi connectivity index (χ3n) is 4.88. The maximum atomic E-state index is 12.8. The van der Waals surface area contributed by atoms with Crippen molar-refractivity contribution in [1.82, 2.24) is 25.0 Å². The van der Waals surface area contributed by atoms with Gasteiger partial charge in [0, 0.05) is 44.6 Å². The Bertz CT molecular complexity index is 904. The van der Waals surface area contributed by atoms with Gasteiger partial charge in [-0.1, -0.05) is 0 Å². The molecule has 0 unspecified atom stereocenters. The van der Waals surface area contributed by atoms with Crippen molar-refractivity contribution in [3.8, 4) is 17.3 Å². The van der Waals surface area contributed by atoms with Gasteiger partial charge in [-0.3, -0.25) is 14.8 Å². The number of hydrogen-bond acceptors (Lipinski definition) is 6. The minimum absolute atomic E-state index is 0.0107. The molecule has 1 N–H and O–H groups in total. The average Bonchev–Trinajstić information content (AvgIpc) is 3.36. The van der Waals surface area contributed by atoms with Gasteiger partial charge in [0.25, 0.3) is 5.91 Å². The molecule has 8 heteroatoms. The number of carbonyl (C=O) groups excluding carboxylic acids is 1. The molecule has 0 bridgehead atoms. The summed E-state index contributed by atoms with van der Waals surface area (Å²) in [5.41, 5.74) is 1.46. The van der Waals surface area contributed by atoms with Gasteiger partial charge < -0.3 is 14.1 Å². The zero-order chi connectivity index (χ0) is 19.3. The smallest absolute Gasteiger partial charge is 0.255 e. The molecule has 1 amide bonds. The molecule has 0 aromatic carbocycles. The fraction of sp³-hybridized carbons (Fsp3) is 0.350. The zero-order valence-electron chi connectivity index (χ0n) is 15.8. The number of pyridine rings is 1. The molecule has 1 aliphatic rings. The van der Waals surface area contributed by atoms with Crippen molar-refractivity contribution in [3.63, 3.8) is 0 Å². The second kappa shape index (κ2) is 8.26. The van der Waals surface area contributed by atoms with E-state index < -0.39 is 0 Å². The van der Waals surface area contributed by atoms with Gasteiger partial charge in [-0.2, -0.15) is 5.10 Å². The maximum Gasteiger partial charge on any atom is 0.255 e. The second-order valence-corrected chi connectivity index (χ2v) is 6.75. The van der Waals surface area contributed by atoms with Gasteiger partial charge in [-0.15, -0.1) is 0 Å². The van der Waals surface area contributed by atoms with E-state index in [1.54, 1.807) is 31.6 Å². The number of aromatic amines is 1. The van der Waals surface area contributed by atoms with Crippen molar-refractivity contribution in [3.05, 3.63) is 54.0 Å². The number of hydrogen-bond donors (Lipinski definition) is 1. The highest BCUT2D eigenvalue weighted by Gasteiger charge is 2.21. The van der Waals surface area contributed by atoms with Gasteiger partial charge in [0.1, 0.15) is 11.5 Å². The molecule has 0 aliphatic carbocycles. The Kier molecular flexibility index (Phi) is 5.38. The number of carbonyl (C=O) groups is 1. The predicted molar refractivity (Wildman–Crippen MR) is 103 cm³/mol. The van der Waals surface area contributed by atoms with Crippen LogP contribution < -0.4 is 4.74 Å². The lowest BCUT2D eigenvalue weighted by Gasteiger charge is -2.21. The van der Waals surface area contributed by atoms with Crippen molar-refractivity contribution >= 4 is 5.91 Å². The summed E-state index contributed by atoms with van der Waals surface area (Å²) >= 11 is 0. The van der Waals surface area contributed by atoms with Crippen molar-refractivity contribution in [2.24, 2.45) is 0 Å². The molecule has 4 rings (SSSR count). The van der Waals surface area contributed by atoms with Gasteiger partial charge in [0.15, 0.2) is 5.76 Å². The van der Waals surface area contributed by atoms with Gasteiger partial charge in [0.2, 0.25) is 5.88 Å². The first kappa shape index (κ1) is 18.2. The van der Waals surface area contributed by atoms with Crippen LogP contribution in [0.15, 0.2) is 47.1 Å². The van der Waals surface area contributed by atoms with Gasteiger partial charge >= 0.3 is 0 Å². The van der Waals surface area contributed by atoms with Crippen LogP contribution in [0.2, 0.25) is 0 Å². The predicted octanol–water partition coefficient (Wildman–Crippen LogP) is 2.42. The lowest BCUT2D eigenvalue weighted by Crippen LogP contribution is -2.35. The maximum absolute atomic E-state index is 12.8. The Morgan fingerprint density at radius 1 is 1.18 bits per heavy atom. The number of ether oxygens (including phenoxy) is 1. The van der Waals surface area contributed by atoms with Crippen LogP contribution in [0.5, 0.6) is 5.88 Å². The van der Waals surface area contributed by atoms with Crippen LogP contribution in [0, 0.1) is 0 Å². The summed E-state index contributed by atoms with van der Waals surface area (Å²) in [5, 5.41) is 6.86. The molecule has 1 saturated heterocycles. The minimum Gasteiger partial charge on any atom is -0.481 e. The molecule has 3 aromatic heterocycles. The molecule has 0 radical (unpaired) electrons. The second-order valence-electron chi connectivity index (χ2n) is 6.75. The van der Waals surface area contributed by atoms with Crippen LogP contribution >= 0.6 is 0 Å². The number of methoxy groups -OCH3 is 1. The molecular formula is C20H23N5O3. The highest BCUT2D eigenvalue weighted by molar-refractivity contribution is 5.94. The molecule has 4 heterocycles. The fourth-order valence-electron chi connectivity index (χ4n) is 3.36. The third kappa shape index (κ3) is 4.07. The van der Waals surface area contributed by atoms with Crippen LogP contribution in [0.1, 0.15) is 22.5 Å². The zero-order valence-corrected chi connectivity index (χ0v) is 15.8. The SMILES string of the molecule is COc1ccc(C(=O)N2CCCN(Cc3ccc(-c4ccn[nH]4)o3)CC2)cn1. The molecule has 146 valence electrons. The molecular weight excluding hydrogens is 358 g/mol. The van der Waals surface area contributed by atoms with E-state index in [2.05, 4.69) is 20.1 Å². The normalized spacial score (nSPS) is 15.4. The first-order chi connectivity index (χ1) is 13.7. The molecule has 0 atom stereocenters. The third-order valence-corrected chi connectivity index (χ3v) is 4.88. The standard InChI is InChI=1S/C20H23N5O3/c1-27-19-6-3-15(13-21-19)20(26)25-10-2-9-24(11-12-25)14-16-4-5-18(28-16)17-7-8-22-23-17/h3-8,13H,2,9-12,14H2,1H3,(H,22,23). The molecule has 0 saturated carbocycles. The van der Waals surface area contributed by atoms with Crippen LogP contribution in [0.4, 0.5) is 0 Å². The number of rotatable bonds is 5. The van der Waals surface area contributed by atoms with Crippen molar-refractivity contribution in [2.45, 2.75) is 13.0 Å². The van der Waals surface area contributed by atoms with E-state index in [1.165, 1.54) is 0 Å². The van der Waals surface area contributed by atoms with E-state index in [9.17, 15) is 4.79 Å². The van der Waals surface area contributed by atoms with E-state index in [4.69, 9.17) is 9.15 Å². The molecule has 1 fully saturated rings. The van der Waals surface area contributed by atoms with E-state index in [-0.39, 0.29) is 5.91 Å². The van der Waals surface area contributed by atoms with E-state index in [0.717, 1.165) is 49.8 Å². The number of H-pyrrole nitrogens is 1. The quantitative estimate of drug-likeness (QED) is 0.730. The van der Waals surface area contributed by atoms with E-state index in [0.29, 0.717) is 18.0 Å². The summed E-state index contributed by atoms with van der Waals surface area (Å²) in [6.45, 7) is 3.86. The fourth-order valence-corrected chi connectivity index (χ4v) is 3.36.